The Labute approximate surface area is 165 Å². The summed E-state index contributed by atoms with van der Waals surface area (Å²) in [5.41, 5.74) is 4.98. The summed E-state index contributed by atoms with van der Waals surface area (Å²) in [6.07, 6.45) is 1.53. The van der Waals surface area contributed by atoms with Gasteiger partial charge in [0, 0.05) is 24.9 Å². The predicted octanol–water partition coefficient (Wildman–Crippen LogP) is 4.71. The summed E-state index contributed by atoms with van der Waals surface area (Å²) in [5, 5.41) is 0. The Balaban J connectivity index is 1.35. The second kappa shape index (κ2) is 7.16. The van der Waals surface area contributed by atoms with Gasteiger partial charge in [-0.2, -0.15) is 0 Å². The SMILES string of the molecule is O=C1CC(c2ccccc2)C2Cc3ccc(OCc4ccccc4)cc3CN12. The van der Waals surface area contributed by atoms with Gasteiger partial charge in [0.25, 0.3) is 0 Å². The molecule has 0 spiro atoms. The van der Waals surface area contributed by atoms with Crippen molar-refractivity contribution in [3.8, 4) is 5.75 Å². The minimum atomic E-state index is 0.262. The average molecular weight is 369 g/mol. The third-order valence-electron chi connectivity index (χ3n) is 6.00. The van der Waals surface area contributed by atoms with Crippen LogP contribution in [0.2, 0.25) is 0 Å². The fourth-order valence-corrected chi connectivity index (χ4v) is 4.53. The highest BCUT2D eigenvalue weighted by atomic mass is 16.5. The highest BCUT2D eigenvalue weighted by Gasteiger charge is 2.42. The van der Waals surface area contributed by atoms with E-state index in [4.69, 9.17) is 4.74 Å². The molecule has 1 saturated heterocycles. The van der Waals surface area contributed by atoms with Crippen molar-refractivity contribution in [1.29, 1.82) is 0 Å². The number of carbonyl (C=O) groups is 1. The molecule has 0 N–H and O–H groups in total. The summed E-state index contributed by atoms with van der Waals surface area (Å²) in [5.74, 6) is 1.42. The summed E-state index contributed by atoms with van der Waals surface area (Å²) < 4.78 is 5.98. The molecule has 0 bridgehead atoms. The van der Waals surface area contributed by atoms with Crippen molar-refractivity contribution in [2.75, 3.05) is 0 Å². The van der Waals surface area contributed by atoms with Crippen molar-refractivity contribution >= 4 is 5.91 Å². The third-order valence-corrected chi connectivity index (χ3v) is 6.00. The van der Waals surface area contributed by atoms with Crippen LogP contribution in [0.5, 0.6) is 5.75 Å². The number of hydrogen-bond acceptors (Lipinski definition) is 2. The number of rotatable bonds is 4. The first-order chi connectivity index (χ1) is 13.8. The number of ether oxygens (including phenoxy) is 1. The van der Waals surface area contributed by atoms with Crippen LogP contribution in [0.3, 0.4) is 0 Å². The van der Waals surface area contributed by atoms with E-state index < -0.39 is 0 Å². The van der Waals surface area contributed by atoms with Gasteiger partial charge in [-0.1, -0.05) is 66.7 Å². The average Bonchev–Trinajstić information content (AvgIpc) is 3.07. The Hall–Kier alpha value is -3.07. The molecular weight excluding hydrogens is 346 g/mol. The molecule has 140 valence electrons. The van der Waals surface area contributed by atoms with Crippen LogP contribution in [-0.4, -0.2) is 16.8 Å². The van der Waals surface area contributed by atoms with E-state index in [0.717, 1.165) is 17.7 Å². The van der Waals surface area contributed by atoms with E-state index in [1.165, 1.54) is 16.7 Å². The van der Waals surface area contributed by atoms with Gasteiger partial charge < -0.3 is 9.64 Å². The number of amides is 1. The number of benzene rings is 3. The molecule has 28 heavy (non-hydrogen) atoms. The molecule has 2 atom stereocenters. The van der Waals surface area contributed by atoms with Crippen molar-refractivity contribution in [1.82, 2.24) is 4.90 Å². The second-order valence-electron chi connectivity index (χ2n) is 7.72. The standard InChI is InChI=1S/C25H23NO2/c27-25-15-23(19-9-5-2-6-10-19)24-14-20-11-12-22(13-21(20)16-26(24)25)28-17-18-7-3-1-4-8-18/h1-13,23-24H,14-17H2. The van der Waals surface area contributed by atoms with Crippen LogP contribution < -0.4 is 4.74 Å². The minimum absolute atomic E-state index is 0.262. The largest absolute Gasteiger partial charge is 0.489 e. The van der Waals surface area contributed by atoms with E-state index in [0.29, 0.717) is 19.6 Å². The van der Waals surface area contributed by atoms with Crippen molar-refractivity contribution in [2.45, 2.75) is 38.0 Å². The highest BCUT2D eigenvalue weighted by Crippen LogP contribution is 2.41. The van der Waals surface area contributed by atoms with E-state index in [2.05, 4.69) is 59.5 Å². The topological polar surface area (TPSA) is 29.5 Å². The molecule has 2 heterocycles. The van der Waals surface area contributed by atoms with E-state index in [-0.39, 0.29) is 17.9 Å². The maximum absolute atomic E-state index is 12.7. The Morgan fingerprint density at radius 3 is 2.39 bits per heavy atom. The monoisotopic (exact) mass is 369 g/mol. The van der Waals surface area contributed by atoms with Crippen LogP contribution in [0.25, 0.3) is 0 Å². The molecule has 1 amide bonds. The van der Waals surface area contributed by atoms with Gasteiger partial charge in [0.2, 0.25) is 5.91 Å². The lowest BCUT2D eigenvalue weighted by atomic mass is 9.85. The first kappa shape index (κ1) is 17.1. The number of carbonyl (C=O) groups excluding carboxylic acids is 1. The highest BCUT2D eigenvalue weighted by molar-refractivity contribution is 5.81. The number of fused-ring (bicyclic) bond motifs is 2. The molecule has 2 aliphatic heterocycles. The maximum Gasteiger partial charge on any atom is 0.223 e. The van der Waals surface area contributed by atoms with Crippen LogP contribution in [0.1, 0.15) is 34.6 Å². The lowest BCUT2D eigenvalue weighted by molar-refractivity contribution is -0.129. The Bertz CT molecular complexity index is 984. The molecule has 0 radical (unpaired) electrons. The summed E-state index contributed by atoms with van der Waals surface area (Å²) >= 11 is 0. The molecule has 0 saturated carbocycles. The molecule has 3 aromatic rings. The molecular formula is C25H23NO2. The first-order valence-electron chi connectivity index (χ1n) is 9.91. The zero-order valence-electron chi connectivity index (χ0n) is 15.8. The van der Waals surface area contributed by atoms with Gasteiger partial charge in [-0.15, -0.1) is 0 Å². The second-order valence-corrected chi connectivity index (χ2v) is 7.72. The summed E-state index contributed by atoms with van der Waals surface area (Å²) in [7, 11) is 0. The molecule has 0 aromatic heterocycles. The fourth-order valence-electron chi connectivity index (χ4n) is 4.53. The summed E-state index contributed by atoms with van der Waals surface area (Å²) in [6, 6.07) is 27.3. The predicted molar refractivity (Wildman–Crippen MR) is 109 cm³/mol. The Morgan fingerprint density at radius 2 is 1.61 bits per heavy atom. The summed E-state index contributed by atoms with van der Waals surface area (Å²) in [4.78, 5) is 14.8. The van der Waals surface area contributed by atoms with Crippen LogP contribution >= 0.6 is 0 Å². The molecule has 3 nitrogen and oxygen atoms in total. The molecule has 1 fully saturated rings. The van der Waals surface area contributed by atoms with E-state index in [1.807, 2.05) is 24.3 Å². The molecule has 2 aliphatic rings. The van der Waals surface area contributed by atoms with E-state index >= 15 is 0 Å². The van der Waals surface area contributed by atoms with Gasteiger partial charge in [-0.25, -0.2) is 0 Å². The molecule has 2 unspecified atom stereocenters. The smallest absolute Gasteiger partial charge is 0.223 e. The normalized spacial score (nSPS) is 20.6. The van der Waals surface area contributed by atoms with E-state index in [1.54, 1.807) is 0 Å². The van der Waals surface area contributed by atoms with Crippen LogP contribution in [-0.2, 0) is 24.4 Å². The maximum atomic E-state index is 12.7. The number of nitrogens with zero attached hydrogens (tertiary/aromatic N) is 1. The van der Waals surface area contributed by atoms with Crippen molar-refractivity contribution < 1.29 is 9.53 Å². The lowest BCUT2D eigenvalue weighted by Gasteiger charge is -2.34. The van der Waals surface area contributed by atoms with Crippen molar-refractivity contribution in [3.63, 3.8) is 0 Å². The van der Waals surface area contributed by atoms with Gasteiger partial charge in [0.1, 0.15) is 12.4 Å². The van der Waals surface area contributed by atoms with E-state index in [9.17, 15) is 4.79 Å². The van der Waals surface area contributed by atoms with Gasteiger partial charge in [-0.3, -0.25) is 4.79 Å². The van der Waals surface area contributed by atoms with Crippen LogP contribution in [0.15, 0.2) is 78.9 Å². The van der Waals surface area contributed by atoms with Crippen LogP contribution in [0.4, 0.5) is 0 Å². The zero-order valence-corrected chi connectivity index (χ0v) is 15.8. The fraction of sp³-hybridized carbons (Fsp3) is 0.240. The molecule has 5 rings (SSSR count). The first-order valence-corrected chi connectivity index (χ1v) is 9.91. The Morgan fingerprint density at radius 1 is 0.857 bits per heavy atom. The molecule has 0 aliphatic carbocycles. The minimum Gasteiger partial charge on any atom is -0.489 e. The van der Waals surface area contributed by atoms with Crippen molar-refractivity contribution in [2.24, 2.45) is 0 Å². The van der Waals surface area contributed by atoms with Gasteiger partial charge in [0.15, 0.2) is 0 Å². The lowest BCUT2D eigenvalue weighted by Crippen LogP contribution is -2.39. The van der Waals surface area contributed by atoms with Crippen molar-refractivity contribution in [3.05, 3.63) is 101 Å². The van der Waals surface area contributed by atoms with Gasteiger partial charge in [0.05, 0.1) is 0 Å². The zero-order chi connectivity index (χ0) is 18.9. The van der Waals surface area contributed by atoms with Crippen LogP contribution in [0, 0.1) is 0 Å². The van der Waals surface area contributed by atoms with Gasteiger partial charge in [-0.05, 0) is 40.8 Å². The molecule has 3 heteroatoms. The quantitative estimate of drug-likeness (QED) is 0.667. The number of hydrogen-bond donors (Lipinski definition) is 0. The Kier molecular flexibility index (Phi) is 4.36. The third kappa shape index (κ3) is 3.18. The summed E-state index contributed by atoms with van der Waals surface area (Å²) in [6.45, 7) is 1.24. The van der Waals surface area contributed by atoms with Gasteiger partial charge >= 0.3 is 0 Å². The molecule has 3 aromatic carbocycles.